The van der Waals surface area contributed by atoms with Gasteiger partial charge >= 0.3 is 18.7 Å². The number of hydrogen-bond acceptors (Lipinski definition) is 3. The van der Waals surface area contributed by atoms with Crippen molar-refractivity contribution in [3.63, 3.8) is 0 Å². The van der Waals surface area contributed by atoms with Crippen molar-refractivity contribution in [2.24, 2.45) is 5.92 Å². The van der Waals surface area contributed by atoms with E-state index >= 15 is 0 Å². The minimum atomic E-state index is -5.11. The van der Waals surface area contributed by atoms with Gasteiger partial charge in [-0.15, -0.1) is 17.6 Å². The number of carbonyl (C=O) groups excluding carboxylic acids is 1. The lowest BCUT2D eigenvalue weighted by Crippen LogP contribution is -2.48. The van der Waals surface area contributed by atoms with Crippen LogP contribution in [0.25, 0.3) is 0 Å². The third-order valence-electron chi connectivity index (χ3n) is 2.50. The molecule has 0 fully saturated rings. The molecule has 292 valence electrons. The molecule has 0 saturated heterocycles. The summed E-state index contributed by atoms with van der Waals surface area (Å²) in [4.78, 5) is 8.11. The third kappa shape index (κ3) is 85.5. The molecular formula is C30H84F10O3. The van der Waals surface area contributed by atoms with E-state index in [0.29, 0.717) is 7.11 Å². The Morgan fingerprint density at radius 1 is 0.698 bits per heavy atom. The zero-order chi connectivity index (χ0) is 23.8. The fourth-order valence-corrected chi connectivity index (χ4v) is 0.554. The normalized spacial score (nSPS) is 9.09. The largest absolute Gasteiger partial charge is 0.490 e. The van der Waals surface area contributed by atoms with Crippen LogP contribution in [0.15, 0.2) is 12.4 Å². The second-order valence-corrected chi connectivity index (χ2v) is 4.85. The molecule has 0 aliphatic heterocycles. The molecule has 13 heteroatoms. The first-order valence-electron chi connectivity index (χ1n) is 7.43. The fraction of sp³-hybridized carbons (Fsp3) is 0.900. The highest BCUT2D eigenvalue weighted by Crippen LogP contribution is 2.42. The molecule has 2 atom stereocenters. The standard InChI is InChI=1S/C7H8F6O2.C5H11F.C2H5F.CF2O.15CH4/c1-4(8)5(2,9)6(10,11)15-7(12,13)14-3;1-3-5(2)4-6;1-2-3;2-1(3)4;;;;;;;;;;;;;;;/h1H2,2-3H3;5H,3-4H2,1-2H3;2H2,1H3;;15*1H4. The van der Waals surface area contributed by atoms with Gasteiger partial charge < -0.3 is 0 Å². The quantitative estimate of drug-likeness (QED) is 0.152. The highest BCUT2D eigenvalue weighted by atomic mass is 19.3. The molecule has 0 aromatic carbocycles. The van der Waals surface area contributed by atoms with E-state index in [4.69, 9.17) is 4.79 Å². The Morgan fingerprint density at radius 3 is 1.00 bits per heavy atom. The topological polar surface area (TPSA) is 35.5 Å². The van der Waals surface area contributed by atoms with Crippen molar-refractivity contribution in [3.8, 4) is 0 Å². The first-order valence-corrected chi connectivity index (χ1v) is 7.43. The third-order valence-corrected chi connectivity index (χ3v) is 2.50. The van der Waals surface area contributed by atoms with Gasteiger partial charge in [-0.25, -0.2) is 18.3 Å². The van der Waals surface area contributed by atoms with Gasteiger partial charge in [0.25, 0.3) is 0 Å². The summed E-state index contributed by atoms with van der Waals surface area (Å²) in [5.74, 6) is -1.87. The first-order chi connectivity index (χ1) is 12.4. The van der Waals surface area contributed by atoms with Crippen molar-refractivity contribution >= 4 is 6.29 Å². The lowest BCUT2D eigenvalue weighted by atomic mass is 10.1. The van der Waals surface area contributed by atoms with Gasteiger partial charge in [0, 0.05) is 7.11 Å². The molecular weight excluding hydrogens is 598 g/mol. The van der Waals surface area contributed by atoms with E-state index in [0.717, 1.165) is 6.42 Å². The molecule has 0 bridgehead atoms. The minimum absolute atomic E-state index is 0. The van der Waals surface area contributed by atoms with Gasteiger partial charge in [0.2, 0.25) is 5.67 Å². The molecule has 0 saturated carbocycles. The fourth-order valence-electron chi connectivity index (χ4n) is 0.554. The predicted molar refractivity (Wildman–Crippen MR) is 183 cm³/mol. The van der Waals surface area contributed by atoms with Gasteiger partial charge in [0.15, 0.2) is 0 Å². The molecule has 3 nitrogen and oxygen atoms in total. The SMILES string of the molecule is C.C.C.C.C.C.C.C.C.C.C.C.C.C.C.C=C(F)C(C)(F)C(F)(F)OC(F)(F)OC.CCC(C)CF.CCF.O=C(F)F. The summed E-state index contributed by atoms with van der Waals surface area (Å²) in [5.41, 5.74) is -4.07. The summed E-state index contributed by atoms with van der Waals surface area (Å²) < 4.78 is 122. The van der Waals surface area contributed by atoms with E-state index in [9.17, 15) is 43.9 Å². The molecule has 0 heterocycles. The van der Waals surface area contributed by atoms with Gasteiger partial charge in [0.1, 0.15) is 5.83 Å². The van der Waals surface area contributed by atoms with Crippen LogP contribution in [0.2, 0.25) is 0 Å². The van der Waals surface area contributed by atoms with Crippen LogP contribution in [0.5, 0.6) is 0 Å². The highest BCUT2D eigenvalue weighted by molar-refractivity contribution is 5.55. The number of carbonyl (C=O) groups is 1. The number of halogens is 10. The Morgan fingerprint density at radius 2 is 0.907 bits per heavy atom. The predicted octanol–water partition coefficient (Wildman–Crippen LogP) is 16.6. The molecule has 2 unspecified atom stereocenters. The van der Waals surface area contributed by atoms with E-state index < -0.39 is 30.2 Å². The summed E-state index contributed by atoms with van der Waals surface area (Å²) in [6.45, 7) is 7.21. The molecule has 0 rings (SSSR count). The van der Waals surface area contributed by atoms with E-state index in [2.05, 4.69) is 16.1 Å². The van der Waals surface area contributed by atoms with Gasteiger partial charge in [-0.05, 0) is 19.8 Å². The zero-order valence-corrected chi connectivity index (χ0v) is 15.9. The Bertz CT molecular complexity index is 419. The number of hydrogen-bond donors (Lipinski definition) is 0. The van der Waals surface area contributed by atoms with Gasteiger partial charge in [-0.2, -0.15) is 8.78 Å². The molecule has 0 spiro atoms. The van der Waals surface area contributed by atoms with Crippen LogP contribution in [0, 0.1) is 5.92 Å². The van der Waals surface area contributed by atoms with Crippen molar-refractivity contribution in [1.82, 2.24) is 0 Å². The average Bonchev–Trinajstić information content (AvgIpc) is 2.53. The number of alkyl halides is 7. The molecule has 0 aliphatic rings. The van der Waals surface area contributed by atoms with E-state index in [1.165, 1.54) is 6.92 Å². The number of rotatable bonds is 7. The lowest BCUT2D eigenvalue weighted by molar-refractivity contribution is -0.477. The molecule has 0 aromatic heterocycles. The van der Waals surface area contributed by atoms with Crippen molar-refractivity contribution in [2.45, 2.75) is 164 Å². The Balaban J connectivity index is -0.0000000108. The van der Waals surface area contributed by atoms with E-state index in [1.54, 1.807) is 0 Å². The Kier molecular flexibility index (Phi) is 212. The highest BCUT2D eigenvalue weighted by Gasteiger charge is 2.60. The van der Waals surface area contributed by atoms with Gasteiger partial charge in [-0.3, -0.25) is 13.5 Å². The zero-order valence-electron chi connectivity index (χ0n) is 15.9. The van der Waals surface area contributed by atoms with E-state index in [-0.39, 0.29) is 138 Å². The maximum absolute atomic E-state index is 12.9. The summed E-state index contributed by atoms with van der Waals surface area (Å²) in [6.07, 6.45) is -11.7. The molecule has 0 aromatic rings. The Labute approximate surface area is 267 Å². The van der Waals surface area contributed by atoms with Crippen LogP contribution in [0.1, 0.15) is 146 Å². The summed E-state index contributed by atoms with van der Waals surface area (Å²) in [5, 5.41) is 0. The number of ether oxygens (including phenoxy) is 2. The van der Waals surface area contributed by atoms with Gasteiger partial charge in [0.05, 0.1) is 13.3 Å². The minimum Gasteiger partial charge on any atom is -0.299 e. The molecule has 0 N–H and O–H groups in total. The summed E-state index contributed by atoms with van der Waals surface area (Å²) in [7, 11) is 0.357. The van der Waals surface area contributed by atoms with Crippen LogP contribution in [-0.2, 0) is 9.47 Å². The average molecular weight is 683 g/mol. The maximum Gasteiger partial charge on any atom is 0.490 e. The first kappa shape index (κ1) is 134. The van der Waals surface area contributed by atoms with Crippen LogP contribution in [0.3, 0.4) is 0 Å². The molecule has 0 aliphatic carbocycles. The van der Waals surface area contributed by atoms with E-state index in [1.807, 2.05) is 13.8 Å². The van der Waals surface area contributed by atoms with Crippen LogP contribution in [0.4, 0.5) is 48.7 Å². The monoisotopic (exact) mass is 683 g/mol. The number of methoxy groups -OCH3 is 1. The maximum atomic E-state index is 12.9. The van der Waals surface area contributed by atoms with Crippen molar-refractivity contribution < 1.29 is 58.2 Å². The van der Waals surface area contributed by atoms with Crippen molar-refractivity contribution in [1.29, 1.82) is 0 Å². The molecule has 0 amide bonds. The summed E-state index contributed by atoms with van der Waals surface area (Å²) in [6, 6.07) is 0. The second kappa shape index (κ2) is 68.0. The van der Waals surface area contributed by atoms with Crippen molar-refractivity contribution in [2.75, 3.05) is 20.5 Å². The van der Waals surface area contributed by atoms with Crippen molar-refractivity contribution in [3.05, 3.63) is 12.4 Å². The van der Waals surface area contributed by atoms with Crippen LogP contribution < -0.4 is 0 Å². The van der Waals surface area contributed by atoms with Crippen LogP contribution in [-0.4, -0.2) is 44.8 Å². The molecule has 43 heavy (non-hydrogen) atoms. The molecule has 0 radical (unpaired) electrons. The second-order valence-electron chi connectivity index (χ2n) is 4.85. The van der Waals surface area contributed by atoms with Gasteiger partial charge in [-0.1, -0.05) is 138 Å². The Hall–Kier alpha value is -1.37. The van der Waals surface area contributed by atoms with Crippen LogP contribution >= 0.6 is 0 Å². The smallest absolute Gasteiger partial charge is 0.299 e. The summed E-state index contributed by atoms with van der Waals surface area (Å²) >= 11 is 0. The lowest BCUT2D eigenvalue weighted by Gasteiger charge is -2.29.